The fraction of sp³-hybridized carbons (Fsp3) is 0.217. The van der Waals surface area contributed by atoms with Crippen LogP contribution in [0, 0.1) is 22.9 Å². The van der Waals surface area contributed by atoms with Crippen LogP contribution in [0.15, 0.2) is 47.3 Å². The molecule has 0 aliphatic heterocycles. The second kappa shape index (κ2) is 7.44. The smallest absolute Gasteiger partial charge is 0.293 e. The van der Waals surface area contributed by atoms with E-state index < -0.39 is 16.4 Å². The number of aryl methyl sites for hydroxylation is 1. The third kappa shape index (κ3) is 3.05. The van der Waals surface area contributed by atoms with Crippen molar-refractivity contribution in [3.63, 3.8) is 0 Å². The molecule has 0 amide bonds. The van der Waals surface area contributed by atoms with Crippen LogP contribution in [0.5, 0.6) is 0 Å². The van der Waals surface area contributed by atoms with Gasteiger partial charge in [0.25, 0.3) is 5.56 Å². The fourth-order valence-corrected chi connectivity index (χ4v) is 4.14. The van der Waals surface area contributed by atoms with Gasteiger partial charge in [-0.2, -0.15) is 4.39 Å². The van der Waals surface area contributed by atoms with Crippen LogP contribution in [0.2, 0.25) is 0 Å². The first-order valence-electron chi connectivity index (χ1n) is 10.5. The summed E-state index contributed by atoms with van der Waals surface area (Å²) in [6.07, 6.45) is 0.728. The van der Waals surface area contributed by atoms with Gasteiger partial charge in [0.2, 0.25) is 5.82 Å². The molecule has 166 valence electrons. The first-order chi connectivity index (χ1) is 15.8. The highest BCUT2D eigenvalue weighted by molar-refractivity contribution is 6.05. The Morgan fingerprint density at radius 2 is 1.79 bits per heavy atom. The molecule has 3 heterocycles. The Labute approximate surface area is 186 Å². The third-order valence-electron chi connectivity index (χ3n) is 5.90. The van der Waals surface area contributed by atoms with Crippen LogP contribution in [-0.2, 0) is 0 Å². The number of fused-ring (bicyclic) bond motifs is 4. The average Bonchev–Trinajstić information content (AvgIpc) is 3.10. The summed E-state index contributed by atoms with van der Waals surface area (Å²) >= 11 is 0. The Balaban J connectivity index is 2.00. The minimum absolute atomic E-state index is 0.0897. The van der Waals surface area contributed by atoms with Crippen molar-refractivity contribution in [2.45, 2.75) is 33.2 Å². The van der Waals surface area contributed by atoms with E-state index in [4.69, 9.17) is 9.97 Å². The van der Waals surface area contributed by atoms with Crippen molar-refractivity contribution in [3.05, 3.63) is 74.6 Å². The molecule has 0 aliphatic rings. The number of rotatable bonds is 4. The molecule has 0 radical (unpaired) electrons. The zero-order valence-corrected chi connectivity index (χ0v) is 18.1. The highest BCUT2D eigenvalue weighted by atomic mass is 19.1. The fourth-order valence-electron chi connectivity index (χ4n) is 4.14. The van der Waals surface area contributed by atoms with Crippen LogP contribution in [-0.4, -0.2) is 29.0 Å². The van der Waals surface area contributed by atoms with Crippen molar-refractivity contribution in [3.8, 4) is 5.69 Å². The number of aromatic nitrogens is 5. The maximum absolute atomic E-state index is 14.1. The number of benzene rings is 2. The van der Waals surface area contributed by atoms with Crippen molar-refractivity contribution in [1.29, 1.82) is 0 Å². The minimum Gasteiger partial charge on any atom is -0.293 e. The molecule has 5 aromatic rings. The van der Waals surface area contributed by atoms with Crippen molar-refractivity contribution in [2.24, 2.45) is 0 Å². The van der Waals surface area contributed by atoms with Crippen molar-refractivity contribution >= 4 is 38.9 Å². The lowest BCUT2D eigenvalue weighted by molar-refractivity contribution is -0.387. The molecule has 33 heavy (non-hydrogen) atoms. The van der Waals surface area contributed by atoms with E-state index >= 15 is 0 Å². The number of nitro benzene ring substituents is 1. The predicted molar refractivity (Wildman–Crippen MR) is 122 cm³/mol. The van der Waals surface area contributed by atoms with E-state index in [-0.39, 0.29) is 28.3 Å². The average molecular weight is 446 g/mol. The SMILES string of the molecule is CC[C@H](C)n1c(C)nc2c(c1=O)c1nc3ccccc3nc1n2-c1ccc(F)c([N+](=O)[O-])c1. The van der Waals surface area contributed by atoms with Gasteiger partial charge in [0.05, 0.1) is 21.6 Å². The van der Waals surface area contributed by atoms with Gasteiger partial charge in [-0.3, -0.25) is 24.0 Å². The van der Waals surface area contributed by atoms with Crippen LogP contribution < -0.4 is 5.56 Å². The van der Waals surface area contributed by atoms with Gasteiger partial charge in [-0.05, 0) is 44.5 Å². The molecule has 0 fully saturated rings. The van der Waals surface area contributed by atoms with E-state index in [1.807, 2.05) is 26.0 Å². The van der Waals surface area contributed by atoms with E-state index in [1.54, 1.807) is 23.6 Å². The number of nitro groups is 1. The lowest BCUT2D eigenvalue weighted by Gasteiger charge is -2.16. The van der Waals surface area contributed by atoms with Crippen molar-refractivity contribution in [2.75, 3.05) is 0 Å². The number of hydrogen-bond acceptors (Lipinski definition) is 6. The highest BCUT2D eigenvalue weighted by Crippen LogP contribution is 2.31. The predicted octanol–water partition coefficient (Wildman–Crippen LogP) is 4.61. The molecule has 0 bridgehead atoms. The molecule has 5 rings (SSSR count). The maximum Gasteiger partial charge on any atom is 0.306 e. The number of para-hydroxylation sites is 2. The van der Waals surface area contributed by atoms with Crippen LogP contribution in [0.3, 0.4) is 0 Å². The Kier molecular flexibility index (Phi) is 4.66. The number of nitrogens with zero attached hydrogens (tertiary/aromatic N) is 6. The largest absolute Gasteiger partial charge is 0.306 e. The molecule has 10 heteroatoms. The van der Waals surface area contributed by atoms with E-state index in [9.17, 15) is 19.3 Å². The summed E-state index contributed by atoms with van der Waals surface area (Å²) in [7, 11) is 0. The standard InChI is InChI=1S/C23H19FN6O3/c1-4-12(2)28-13(3)25-21-19(23(28)31)20-22(27-17-8-6-5-7-16(17)26-20)29(21)14-9-10-15(24)18(11-14)30(32)33/h5-12H,4H2,1-3H3/t12-/m0/s1. The van der Waals surface area contributed by atoms with Gasteiger partial charge >= 0.3 is 5.69 Å². The summed E-state index contributed by atoms with van der Waals surface area (Å²) in [6.45, 7) is 5.65. The van der Waals surface area contributed by atoms with Gasteiger partial charge in [0, 0.05) is 12.1 Å². The normalized spacial score (nSPS) is 12.6. The Morgan fingerprint density at radius 1 is 1.09 bits per heavy atom. The van der Waals surface area contributed by atoms with Gasteiger partial charge in [-0.25, -0.2) is 15.0 Å². The van der Waals surface area contributed by atoms with Gasteiger partial charge in [0.15, 0.2) is 11.3 Å². The Hall–Kier alpha value is -4.21. The quantitative estimate of drug-likeness (QED) is 0.295. The molecular weight excluding hydrogens is 427 g/mol. The third-order valence-corrected chi connectivity index (χ3v) is 5.90. The molecule has 0 aliphatic carbocycles. The molecule has 2 aromatic carbocycles. The summed E-state index contributed by atoms with van der Waals surface area (Å²) in [5.74, 6) is -0.462. The topological polar surface area (TPSA) is 109 Å². The van der Waals surface area contributed by atoms with E-state index in [2.05, 4.69) is 4.98 Å². The molecule has 0 unspecified atom stereocenters. The zero-order chi connectivity index (χ0) is 23.4. The molecule has 0 spiro atoms. The highest BCUT2D eigenvalue weighted by Gasteiger charge is 2.25. The van der Waals surface area contributed by atoms with Crippen LogP contribution >= 0.6 is 0 Å². The molecule has 3 aromatic heterocycles. The van der Waals surface area contributed by atoms with Gasteiger partial charge < -0.3 is 0 Å². The monoisotopic (exact) mass is 446 g/mol. The second-order valence-electron chi connectivity index (χ2n) is 7.90. The van der Waals surface area contributed by atoms with Crippen molar-refractivity contribution < 1.29 is 9.31 Å². The molecular formula is C23H19FN6O3. The molecule has 1 atom stereocenters. The van der Waals surface area contributed by atoms with Gasteiger partial charge in [-0.15, -0.1) is 0 Å². The summed E-state index contributed by atoms with van der Waals surface area (Å²) in [5, 5.41) is 11.6. The van der Waals surface area contributed by atoms with Gasteiger partial charge in [0.1, 0.15) is 16.7 Å². The van der Waals surface area contributed by atoms with Gasteiger partial charge in [-0.1, -0.05) is 19.1 Å². The van der Waals surface area contributed by atoms with Crippen LogP contribution in [0.1, 0.15) is 32.1 Å². The lowest BCUT2D eigenvalue weighted by atomic mass is 10.2. The Bertz CT molecular complexity index is 1660. The summed E-state index contributed by atoms with van der Waals surface area (Å²) < 4.78 is 17.2. The van der Waals surface area contributed by atoms with E-state index in [1.165, 1.54) is 10.6 Å². The maximum atomic E-state index is 14.1. The molecule has 0 saturated heterocycles. The van der Waals surface area contributed by atoms with E-state index in [0.717, 1.165) is 18.6 Å². The Morgan fingerprint density at radius 3 is 2.45 bits per heavy atom. The summed E-state index contributed by atoms with van der Waals surface area (Å²) in [6, 6.07) is 10.7. The summed E-state index contributed by atoms with van der Waals surface area (Å²) in [4.78, 5) is 38.3. The lowest BCUT2D eigenvalue weighted by Crippen LogP contribution is -2.26. The van der Waals surface area contributed by atoms with Crippen LogP contribution in [0.4, 0.5) is 10.1 Å². The van der Waals surface area contributed by atoms with E-state index in [0.29, 0.717) is 28.0 Å². The van der Waals surface area contributed by atoms with Crippen molar-refractivity contribution in [1.82, 2.24) is 24.1 Å². The zero-order valence-electron chi connectivity index (χ0n) is 18.1. The molecule has 9 nitrogen and oxygen atoms in total. The first kappa shape index (κ1) is 20.7. The summed E-state index contributed by atoms with van der Waals surface area (Å²) in [5.41, 5.74) is 1.43. The van der Waals surface area contributed by atoms with Crippen LogP contribution in [0.25, 0.3) is 38.9 Å². The first-order valence-corrected chi connectivity index (χ1v) is 10.5. The number of halogens is 1. The molecule has 0 saturated carbocycles. The minimum atomic E-state index is -0.954. The number of hydrogen-bond donors (Lipinski definition) is 0. The second-order valence-corrected chi connectivity index (χ2v) is 7.90. The molecule has 0 N–H and O–H groups in total.